The van der Waals surface area contributed by atoms with E-state index < -0.39 is 0 Å². The molecule has 0 N–H and O–H groups in total. The van der Waals surface area contributed by atoms with Crippen LogP contribution in [-0.4, -0.2) is 16.9 Å². The normalized spacial score (nSPS) is 15.0. The molecule has 1 aliphatic rings. The van der Waals surface area contributed by atoms with Gasteiger partial charge in [0.2, 0.25) is 6.79 Å². The molecule has 1 atom stereocenters. The smallest absolute Gasteiger partial charge is 0.267 e. The molecule has 0 fully saturated rings. The zero-order chi connectivity index (χ0) is 15.0. The van der Waals surface area contributed by atoms with Gasteiger partial charge in [0, 0.05) is 11.5 Å². The minimum Gasteiger partial charge on any atom is -0.481 e. The van der Waals surface area contributed by atoms with Crippen molar-refractivity contribution in [2.24, 2.45) is 0 Å². The molecule has 21 heavy (non-hydrogen) atoms. The first-order valence-corrected chi connectivity index (χ1v) is 6.84. The van der Waals surface area contributed by atoms with Gasteiger partial charge in [-0.3, -0.25) is 0 Å². The van der Waals surface area contributed by atoms with Crippen molar-refractivity contribution in [2.75, 3.05) is 6.79 Å². The van der Waals surface area contributed by atoms with E-state index >= 15 is 0 Å². The fourth-order valence-corrected chi connectivity index (χ4v) is 1.91. The Bertz CT molecular complexity index is 645. The number of ether oxygens (including phenoxy) is 3. The number of nitrogens with zero attached hydrogens (tertiary/aromatic N) is 2. The van der Waals surface area contributed by atoms with Gasteiger partial charge in [-0.15, -0.1) is 0 Å². The quantitative estimate of drug-likeness (QED) is 0.864. The van der Waals surface area contributed by atoms with Crippen molar-refractivity contribution in [1.82, 2.24) is 10.1 Å². The van der Waals surface area contributed by atoms with Gasteiger partial charge in [0.05, 0.1) is 0 Å². The van der Waals surface area contributed by atoms with Gasteiger partial charge < -0.3 is 18.7 Å². The molecular formula is C15H18N2O4. The van der Waals surface area contributed by atoms with E-state index in [1.807, 2.05) is 39.8 Å². The highest BCUT2D eigenvalue weighted by Gasteiger charge is 2.24. The van der Waals surface area contributed by atoms with Crippen LogP contribution in [0.1, 0.15) is 45.5 Å². The first-order chi connectivity index (χ1) is 9.93. The molecule has 6 heteroatoms. The van der Waals surface area contributed by atoms with Crippen LogP contribution < -0.4 is 14.2 Å². The molecular weight excluding hydrogens is 272 g/mol. The van der Waals surface area contributed by atoms with E-state index in [4.69, 9.17) is 18.7 Å². The third-order valence-corrected chi connectivity index (χ3v) is 3.12. The summed E-state index contributed by atoms with van der Waals surface area (Å²) >= 11 is 0. The Hall–Kier alpha value is -2.24. The van der Waals surface area contributed by atoms with Gasteiger partial charge in [0.1, 0.15) is 5.75 Å². The Kier molecular flexibility index (Phi) is 3.23. The molecule has 0 saturated heterocycles. The lowest BCUT2D eigenvalue weighted by Gasteiger charge is -2.12. The third kappa shape index (κ3) is 2.79. The van der Waals surface area contributed by atoms with Crippen LogP contribution in [0.15, 0.2) is 22.7 Å². The fourth-order valence-electron chi connectivity index (χ4n) is 1.91. The highest BCUT2D eigenvalue weighted by Crippen LogP contribution is 2.36. The standard InChI is InChI=1S/C15H18N2O4/c1-9(13-16-14(17-21-13)15(2,3)4)20-10-5-6-11-12(7-10)19-8-18-11/h5-7,9H,8H2,1-4H3/t9-/m1/s1. The Labute approximate surface area is 123 Å². The van der Waals surface area contributed by atoms with Crippen molar-refractivity contribution in [3.8, 4) is 17.2 Å². The Morgan fingerprint density at radius 1 is 1.19 bits per heavy atom. The molecule has 0 amide bonds. The molecule has 0 bridgehead atoms. The average molecular weight is 290 g/mol. The summed E-state index contributed by atoms with van der Waals surface area (Å²) in [6, 6.07) is 5.43. The molecule has 0 spiro atoms. The van der Waals surface area contributed by atoms with Crippen LogP contribution in [0.3, 0.4) is 0 Å². The molecule has 0 unspecified atom stereocenters. The van der Waals surface area contributed by atoms with Crippen LogP contribution >= 0.6 is 0 Å². The van der Waals surface area contributed by atoms with Crippen molar-refractivity contribution in [3.05, 3.63) is 29.9 Å². The molecule has 3 rings (SSSR count). The van der Waals surface area contributed by atoms with Gasteiger partial charge in [0.25, 0.3) is 5.89 Å². The minimum atomic E-state index is -0.339. The zero-order valence-corrected chi connectivity index (χ0v) is 12.5. The van der Waals surface area contributed by atoms with Gasteiger partial charge in [-0.2, -0.15) is 4.98 Å². The second-order valence-corrected chi connectivity index (χ2v) is 5.98. The van der Waals surface area contributed by atoms with Crippen molar-refractivity contribution in [1.29, 1.82) is 0 Å². The van der Waals surface area contributed by atoms with E-state index in [2.05, 4.69) is 10.1 Å². The molecule has 2 aromatic rings. The zero-order valence-electron chi connectivity index (χ0n) is 12.5. The largest absolute Gasteiger partial charge is 0.481 e. The van der Waals surface area contributed by atoms with E-state index in [0.717, 1.165) is 5.75 Å². The van der Waals surface area contributed by atoms with Gasteiger partial charge in [-0.1, -0.05) is 25.9 Å². The summed E-state index contributed by atoms with van der Waals surface area (Å²) in [7, 11) is 0. The monoisotopic (exact) mass is 290 g/mol. The number of rotatable bonds is 3. The predicted molar refractivity (Wildman–Crippen MR) is 74.6 cm³/mol. The molecule has 2 heterocycles. The second-order valence-electron chi connectivity index (χ2n) is 5.98. The second kappa shape index (κ2) is 4.95. The van der Waals surface area contributed by atoms with Crippen molar-refractivity contribution < 1.29 is 18.7 Å². The lowest BCUT2D eigenvalue weighted by Crippen LogP contribution is -2.13. The average Bonchev–Trinajstić information content (AvgIpc) is 3.06. The van der Waals surface area contributed by atoms with Crippen LogP contribution in [0.5, 0.6) is 17.2 Å². The SMILES string of the molecule is C[C@@H](Oc1ccc2c(c1)OCO2)c1nc(C(C)(C)C)no1. The molecule has 0 aliphatic carbocycles. The molecule has 0 radical (unpaired) electrons. The number of aromatic nitrogens is 2. The summed E-state index contributed by atoms with van der Waals surface area (Å²) < 4.78 is 21.7. The number of hydrogen-bond donors (Lipinski definition) is 0. The number of benzene rings is 1. The molecule has 1 aliphatic heterocycles. The summed E-state index contributed by atoms with van der Waals surface area (Å²) in [6.07, 6.45) is -0.339. The first kappa shape index (κ1) is 13.7. The van der Waals surface area contributed by atoms with Crippen molar-refractivity contribution in [2.45, 2.75) is 39.2 Å². The van der Waals surface area contributed by atoms with Gasteiger partial charge in [-0.25, -0.2) is 0 Å². The highest BCUT2D eigenvalue weighted by molar-refractivity contribution is 5.46. The Morgan fingerprint density at radius 3 is 2.67 bits per heavy atom. The first-order valence-electron chi connectivity index (χ1n) is 6.84. The summed E-state index contributed by atoms with van der Waals surface area (Å²) in [5, 5.41) is 4.00. The fraction of sp³-hybridized carbons (Fsp3) is 0.467. The van der Waals surface area contributed by atoms with E-state index in [-0.39, 0.29) is 18.3 Å². The predicted octanol–water partition coefficient (Wildman–Crippen LogP) is 3.24. The summed E-state index contributed by atoms with van der Waals surface area (Å²) in [5.41, 5.74) is -0.153. The van der Waals surface area contributed by atoms with Gasteiger partial charge in [-0.05, 0) is 19.1 Å². The highest BCUT2D eigenvalue weighted by atomic mass is 16.7. The minimum absolute atomic E-state index is 0.153. The molecule has 1 aromatic carbocycles. The van der Waals surface area contributed by atoms with Gasteiger partial charge >= 0.3 is 0 Å². The van der Waals surface area contributed by atoms with Crippen LogP contribution in [0.2, 0.25) is 0 Å². The van der Waals surface area contributed by atoms with Crippen molar-refractivity contribution in [3.63, 3.8) is 0 Å². The maximum Gasteiger partial charge on any atom is 0.267 e. The van der Waals surface area contributed by atoms with Crippen LogP contribution in [-0.2, 0) is 5.41 Å². The lowest BCUT2D eigenvalue weighted by molar-refractivity contribution is 0.170. The Morgan fingerprint density at radius 2 is 1.95 bits per heavy atom. The summed E-state index contributed by atoms with van der Waals surface area (Å²) in [5.74, 6) is 3.20. The van der Waals surface area contributed by atoms with E-state index in [1.165, 1.54) is 0 Å². The lowest BCUT2D eigenvalue weighted by atomic mass is 9.96. The van der Waals surface area contributed by atoms with Gasteiger partial charge in [0.15, 0.2) is 23.4 Å². The van der Waals surface area contributed by atoms with E-state index in [9.17, 15) is 0 Å². The van der Waals surface area contributed by atoms with Crippen LogP contribution in [0.4, 0.5) is 0 Å². The van der Waals surface area contributed by atoms with Crippen molar-refractivity contribution >= 4 is 0 Å². The third-order valence-electron chi connectivity index (χ3n) is 3.12. The maximum absolute atomic E-state index is 5.82. The molecule has 6 nitrogen and oxygen atoms in total. The summed E-state index contributed by atoms with van der Waals surface area (Å²) in [4.78, 5) is 4.39. The molecule has 1 aromatic heterocycles. The van der Waals surface area contributed by atoms with Crippen LogP contribution in [0.25, 0.3) is 0 Å². The molecule has 112 valence electrons. The number of hydrogen-bond acceptors (Lipinski definition) is 6. The maximum atomic E-state index is 5.82. The van der Waals surface area contributed by atoms with E-state index in [1.54, 1.807) is 6.07 Å². The van der Waals surface area contributed by atoms with Crippen LogP contribution in [0, 0.1) is 0 Å². The molecule has 0 saturated carbocycles. The summed E-state index contributed by atoms with van der Waals surface area (Å²) in [6.45, 7) is 8.21. The topological polar surface area (TPSA) is 66.6 Å². The Balaban J connectivity index is 1.74. The van der Waals surface area contributed by atoms with E-state index in [0.29, 0.717) is 23.2 Å². The number of fused-ring (bicyclic) bond motifs is 1.